The van der Waals surface area contributed by atoms with E-state index in [1.807, 2.05) is 24.0 Å². The number of amides is 1. The molecule has 0 spiro atoms. The Morgan fingerprint density at radius 1 is 1.00 bits per heavy atom. The van der Waals surface area contributed by atoms with Crippen LogP contribution in [0, 0.1) is 6.92 Å². The van der Waals surface area contributed by atoms with E-state index < -0.39 is 41.6 Å². The second-order valence-corrected chi connectivity index (χ2v) is 10.0. The van der Waals surface area contributed by atoms with Gasteiger partial charge in [-0.25, -0.2) is 0 Å². The fourth-order valence-corrected chi connectivity index (χ4v) is 4.75. The van der Waals surface area contributed by atoms with Gasteiger partial charge in [-0.1, -0.05) is 18.2 Å². The maximum atomic E-state index is 13.5. The number of methoxy groups -OCH3 is 1. The molecular weight excluding hydrogens is 572 g/mol. The average Bonchev–Trinajstić information content (AvgIpc) is 3.28. The van der Waals surface area contributed by atoms with E-state index in [9.17, 15) is 31.1 Å². The summed E-state index contributed by atoms with van der Waals surface area (Å²) in [7, 11) is 3.12. The SMILES string of the molecule is COc1cc(C=C2SC(N(C)Cc3ncccc3C)=NC2=O)ccc1OCc1ccc(C(F)(F)F)cc1C(F)(F)F. The third-order valence-electron chi connectivity index (χ3n) is 6.05. The first-order chi connectivity index (χ1) is 19.3. The molecule has 4 rings (SSSR count). The zero-order valence-corrected chi connectivity index (χ0v) is 22.7. The number of aromatic nitrogens is 1. The summed E-state index contributed by atoms with van der Waals surface area (Å²) in [6, 6.07) is 9.67. The number of aryl methyl sites for hydroxylation is 1. The molecule has 0 radical (unpaired) electrons. The van der Waals surface area contributed by atoms with E-state index >= 15 is 0 Å². The highest BCUT2D eigenvalue weighted by Crippen LogP contribution is 2.39. The maximum absolute atomic E-state index is 13.5. The van der Waals surface area contributed by atoms with Crippen molar-refractivity contribution in [1.29, 1.82) is 0 Å². The summed E-state index contributed by atoms with van der Waals surface area (Å²) in [6.07, 6.45) is -6.66. The molecule has 1 amide bonds. The summed E-state index contributed by atoms with van der Waals surface area (Å²) in [5, 5.41) is 0.496. The van der Waals surface area contributed by atoms with Gasteiger partial charge in [0.2, 0.25) is 0 Å². The van der Waals surface area contributed by atoms with Crippen LogP contribution in [0.4, 0.5) is 26.3 Å². The Morgan fingerprint density at radius 3 is 2.41 bits per heavy atom. The third kappa shape index (κ3) is 7.20. The second kappa shape index (κ2) is 11.9. The van der Waals surface area contributed by atoms with Gasteiger partial charge in [-0.05, 0) is 66.2 Å². The number of hydrogen-bond acceptors (Lipinski definition) is 6. The van der Waals surface area contributed by atoms with Gasteiger partial charge >= 0.3 is 12.4 Å². The number of rotatable bonds is 7. The van der Waals surface area contributed by atoms with Crippen molar-refractivity contribution in [2.75, 3.05) is 14.2 Å². The largest absolute Gasteiger partial charge is 0.493 e. The molecule has 2 aromatic carbocycles. The molecule has 0 saturated carbocycles. The lowest BCUT2D eigenvalue weighted by atomic mass is 10.0. The van der Waals surface area contributed by atoms with Gasteiger partial charge in [0.15, 0.2) is 16.7 Å². The molecular formula is C28H23F6N3O3S. The van der Waals surface area contributed by atoms with Crippen molar-refractivity contribution in [1.82, 2.24) is 9.88 Å². The normalized spacial score (nSPS) is 14.8. The second-order valence-electron chi connectivity index (χ2n) is 9.00. The van der Waals surface area contributed by atoms with Crippen LogP contribution in [-0.2, 0) is 30.3 Å². The first kappa shape index (κ1) is 30.0. The van der Waals surface area contributed by atoms with Gasteiger partial charge in [-0.2, -0.15) is 31.3 Å². The summed E-state index contributed by atoms with van der Waals surface area (Å²) in [5.41, 5.74) is -0.928. The minimum absolute atomic E-state index is 0.0623. The molecule has 13 heteroatoms. The van der Waals surface area contributed by atoms with Crippen molar-refractivity contribution < 1.29 is 40.6 Å². The molecule has 6 nitrogen and oxygen atoms in total. The standard InChI is InChI=1S/C28H23F6N3O3S/c1-16-5-4-10-35-21(16)14-37(2)26-36-25(38)24(41-26)12-17-6-9-22(23(11-17)39-3)40-15-18-7-8-19(27(29,30)31)13-20(18)28(32,33)34/h4-13H,14-15H2,1-3H3. The maximum Gasteiger partial charge on any atom is 0.416 e. The van der Waals surface area contributed by atoms with E-state index in [4.69, 9.17) is 9.47 Å². The smallest absolute Gasteiger partial charge is 0.416 e. The number of alkyl halides is 6. The van der Waals surface area contributed by atoms with Crippen LogP contribution in [0.15, 0.2) is 64.6 Å². The van der Waals surface area contributed by atoms with E-state index in [1.54, 1.807) is 25.4 Å². The number of aliphatic imine (C=N–C) groups is 1. The zero-order valence-electron chi connectivity index (χ0n) is 21.9. The number of carbonyl (C=O) groups is 1. The van der Waals surface area contributed by atoms with Gasteiger partial charge in [0.25, 0.3) is 5.91 Å². The highest BCUT2D eigenvalue weighted by molar-refractivity contribution is 8.18. The van der Waals surface area contributed by atoms with Crippen LogP contribution in [0.5, 0.6) is 11.5 Å². The fourth-order valence-electron chi connectivity index (χ4n) is 3.88. The lowest BCUT2D eigenvalue weighted by Crippen LogP contribution is -2.23. The van der Waals surface area contributed by atoms with Crippen LogP contribution in [0.25, 0.3) is 6.08 Å². The van der Waals surface area contributed by atoms with Crippen molar-refractivity contribution in [3.8, 4) is 11.5 Å². The number of thioether (sulfide) groups is 1. The van der Waals surface area contributed by atoms with Crippen LogP contribution in [-0.4, -0.2) is 35.1 Å². The van der Waals surface area contributed by atoms with Gasteiger partial charge < -0.3 is 14.4 Å². The summed E-state index contributed by atoms with van der Waals surface area (Å²) >= 11 is 1.18. The molecule has 1 aliphatic rings. The molecule has 0 bridgehead atoms. The van der Waals surface area contributed by atoms with Crippen molar-refractivity contribution >= 4 is 28.9 Å². The van der Waals surface area contributed by atoms with E-state index in [-0.39, 0.29) is 17.6 Å². The van der Waals surface area contributed by atoms with E-state index in [1.165, 1.54) is 31.0 Å². The van der Waals surface area contributed by atoms with Crippen LogP contribution in [0.1, 0.15) is 33.5 Å². The van der Waals surface area contributed by atoms with Crippen LogP contribution >= 0.6 is 11.8 Å². The highest BCUT2D eigenvalue weighted by Gasteiger charge is 2.38. The number of amidine groups is 1. The number of halogens is 6. The third-order valence-corrected chi connectivity index (χ3v) is 7.15. The fraction of sp³-hybridized carbons (Fsp3) is 0.250. The van der Waals surface area contributed by atoms with E-state index in [2.05, 4.69) is 9.98 Å². The Bertz CT molecular complexity index is 1520. The van der Waals surface area contributed by atoms with Crippen LogP contribution in [0.2, 0.25) is 0 Å². The molecule has 0 aliphatic carbocycles. The quantitative estimate of drug-likeness (QED) is 0.214. The molecule has 216 valence electrons. The monoisotopic (exact) mass is 595 g/mol. The number of hydrogen-bond donors (Lipinski definition) is 0. The van der Waals surface area contributed by atoms with Gasteiger partial charge in [-0.3, -0.25) is 9.78 Å². The molecule has 3 aromatic rings. The Kier molecular flexibility index (Phi) is 8.66. The van der Waals surface area contributed by atoms with Crippen LogP contribution in [0.3, 0.4) is 0 Å². The van der Waals surface area contributed by atoms with Gasteiger partial charge in [0.1, 0.15) is 6.61 Å². The molecule has 0 fully saturated rings. The Labute approximate surface area is 235 Å². The Balaban J connectivity index is 1.48. The summed E-state index contributed by atoms with van der Waals surface area (Å²) in [4.78, 5) is 23.2. The lowest BCUT2D eigenvalue weighted by molar-refractivity contribution is -0.143. The highest BCUT2D eigenvalue weighted by atomic mass is 32.2. The summed E-state index contributed by atoms with van der Waals surface area (Å²) in [5.74, 6) is -0.217. The van der Waals surface area contributed by atoms with Gasteiger partial charge in [0, 0.05) is 18.8 Å². The van der Waals surface area contributed by atoms with Crippen molar-refractivity contribution in [3.05, 3.63) is 93.1 Å². The topological polar surface area (TPSA) is 64.0 Å². The van der Waals surface area contributed by atoms with Gasteiger partial charge in [-0.15, -0.1) is 0 Å². The zero-order chi connectivity index (χ0) is 29.9. The van der Waals surface area contributed by atoms with E-state index in [0.717, 1.165) is 17.3 Å². The van der Waals surface area contributed by atoms with E-state index in [0.29, 0.717) is 28.2 Å². The number of carbonyl (C=O) groups excluding carboxylic acids is 1. The molecule has 0 saturated heterocycles. The van der Waals surface area contributed by atoms with Crippen molar-refractivity contribution in [2.24, 2.45) is 4.99 Å². The number of nitrogens with zero attached hydrogens (tertiary/aromatic N) is 3. The first-order valence-corrected chi connectivity index (χ1v) is 12.8. The number of benzene rings is 2. The predicted octanol–water partition coefficient (Wildman–Crippen LogP) is 7.12. The average molecular weight is 596 g/mol. The lowest BCUT2D eigenvalue weighted by Gasteiger charge is -2.18. The number of ether oxygens (including phenoxy) is 2. The molecule has 0 N–H and O–H groups in total. The molecule has 0 atom stereocenters. The number of pyridine rings is 1. The van der Waals surface area contributed by atoms with Crippen molar-refractivity contribution in [3.63, 3.8) is 0 Å². The molecule has 1 aromatic heterocycles. The summed E-state index contributed by atoms with van der Waals surface area (Å²) in [6.45, 7) is 1.74. The van der Waals surface area contributed by atoms with Crippen molar-refractivity contribution in [2.45, 2.75) is 32.4 Å². The molecule has 41 heavy (non-hydrogen) atoms. The van der Waals surface area contributed by atoms with Crippen LogP contribution < -0.4 is 9.47 Å². The summed E-state index contributed by atoms with van der Waals surface area (Å²) < 4.78 is 90.1. The first-order valence-electron chi connectivity index (χ1n) is 12.0. The van der Waals surface area contributed by atoms with Gasteiger partial charge in [0.05, 0.1) is 35.4 Å². The minimum Gasteiger partial charge on any atom is -0.493 e. The molecule has 0 unspecified atom stereocenters. The minimum atomic E-state index is -5.02. The Morgan fingerprint density at radius 2 is 1.76 bits per heavy atom. The molecule has 1 aliphatic heterocycles. The Hall–Kier alpha value is -4.00. The predicted molar refractivity (Wildman–Crippen MR) is 142 cm³/mol. The molecule has 2 heterocycles.